The van der Waals surface area contributed by atoms with E-state index in [1.165, 1.54) is 25.9 Å². The first kappa shape index (κ1) is 21.4. The fraction of sp³-hybridized carbons (Fsp3) is 0.269. The molecule has 33 heavy (non-hydrogen) atoms. The number of benzene rings is 2. The van der Waals surface area contributed by atoms with Crippen LogP contribution in [0.5, 0.6) is 5.75 Å². The number of fused-ring (bicyclic) bond motifs is 1. The number of thiophene rings is 1. The van der Waals surface area contributed by atoms with Crippen LogP contribution in [0, 0.1) is 18.3 Å². The van der Waals surface area contributed by atoms with Crippen LogP contribution in [0.4, 0.5) is 11.6 Å². The van der Waals surface area contributed by atoms with Gasteiger partial charge in [-0.05, 0) is 80.9 Å². The van der Waals surface area contributed by atoms with E-state index < -0.39 is 0 Å². The third kappa shape index (κ3) is 4.82. The molecule has 3 heterocycles. The van der Waals surface area contributed by atoms with E-state index in [1.807, 2.05) is 61.7 Å². The molecule has 1 N–H and O–H groups in total. The topological polar surface area (TPSA) is 74.1 Å². The number of nitrogens with one attached hydrogen (secondary N) is 1. The zero-order chi connectivity index (χ0) is 22.6. The summed E-state index contributed by atoms with van der Waals surface area (Å²) >= 11 is 1.64. The molecule has 1 aliphatic rings. The zero-order valence-corrected chi connectivity index (χ0v) is 19.4. The Morgan fingerprint density at radius 3 is 2.76 bits per heavy atom. The van der Waals surface area contributed by atoms with Crippen molar-refractivity contribution in [2.24, 2.45) is 0 Å². The third-order valence-corrected chi connectivity index (χ3v) is 6.98. The van der Waals surface area contributed by atoms with Gasteiger partial charge in [-0.15, -0.1) is 11.3 Å². The van der Waals surface area contributed by atoms with Crippen molar-refractivity contribution in [2.75, 3.05) is 31.6 Å². The van der Waals surface area contributed by atoms with Crippen molar-refractivity contribution >= 4 is 33.1 Å². The predicted octanol–water partition coefficient (Wildman–Crippen LogP) is 5.76. The monoisotopic (exact) mass is 455 g/mol. The van der Waals surface area contributed by atoms with Crippen molar-refractivity contribution in [3.63, 3.8) is 0 Å². The molecule has 2 aromatic heterocycles. The Balaban J connectivity index is 1.29. The summed E-state index contributed by atoms with van der Waals surface area (Å²) < 4.78 is 6.97. The number of aryl methyl sites for hydroxylation is 1. The largest absolute Gasteiger partial charge is 0.492 e. The van der Waals surface area contributed by atoms with Gasteiger partial charge in [0.15, 0.2) is 0 Å². The Morgan fingerprint density at radius 1 is 1.15 bits per heavy atom. The molecule has 0 atom stereocenters. The maximum absolute atomic E-state index is 9.40. The summed E-state index contributed by atoms with van der Waals surface area (Å²) in [4.78, 5) is 12.7. The zero-order valence-electron chi connectivity index (χ0n) is 18.5. The number of aromatic nitrogens is 2. The average molecular weight is 456 g/mol. The van der Waals surface area contributed by atoms with E-state index in [1.54, 1.807) is 11.3 Å². The van der Waals surface area contributed by atoms with Crippen molar-refractivity contribution in [2.45, 2.75) is 19.8 Å². The number of likely N-dealkylation sites (tertiary alicyclic amines) is 1. The molecule has 0 saturated carbocycles. The minimum atomic E-state index is 0.538. The number of ether oxygens (including phenoxy) is 1. The van der Waals surface area contributed by atoms with Gasteiger partial charge in [0.25, 0.3) is 0 Å². The number of rotatable bonds is 7. The maximum Gasteiger partial charge on any atom is 0.227 e. The second-order valence-corrected chi connectivity index (χ2v) is 9.30. The summed E-state index contributed by atoms with van der Waals surface area (Å²) in [7, 11) is 0. The van der Waals surface area contributed by atoms with Crippen molar-refractivity contribution in [3.05, 3.63) is 65.9 Å². The SMILES string of the molecule is Cc1cnc(Nc2ccc(OCCN3CCCC3)cc2)nc1-c1cc2c(C#N)cccc2s1. The molecular weight excluding hydrogens is 430 g/mol. The number of hydrogen-bond donors (Lipinski definition) is 1. The normalized spacial score (nSPS) is 13.8. The highest BCUT2D eigenvalue weighted by Crippen LogP contribution is 2.36. The average Bonchev–Trinajstić information content (AvgIpc) is 3.51. The Kier molecular flexibility index (Phi) is 6.20. The van der Waals surface area contributed by atoms with Crippen LogP contribution >= 0.6 is 11.3 Å². The molecule has 166 valence electrons. The van der Waals surface area contributed by atoms with Gasteiger partial charge >= 0.3 is 0 Å². The summed E-state index contributed by atoms with van der Waals surface area (Å²) in [5, 5.41) is 13.7. The summed E-state index contributed by atoms with van der Waals surface area (Å²) in [5.41, 5.74) is 3.45. The molecule has 7 heteroatoms. The number of nitrogens with zero attached hydrogens (tertiary/aromatic N) is 4. The third-order valence-electron chi connectivity index (χ3n) is 5.87. The van der Waals surface area contributed by atoms with Gasteiger partial charge in [0, 0.05) is 28.5 Å². The van der Waals surface area contributed by atoms with Crippen LogP contribution < -0.4 is 10.1 Å². The number of anilines is 2. The molecule has 6 nitrogen and oxygen atoms in total. The lowest BCUT2D eigenvalue weighted by atomic mass is 10.1. The predicted molar refractivity (Wildman–Crippen MR) is 133 cm³/mol. The lowest BCUT2D eigenvalue weighted by Crippen LogP contribution is -2.25. The van der Waals surface area contributed by atoms with E-state index in [0.29, 0.717) is 18.1 Å². The van der Waals surface area contributed by atoms with Crippen LogP contribution in [0.25, 0.3) is 20.7 Å². The second kappa shape index (κ2) is 9.57. The van der Waals surface area contributed by atoms with Crippen molar-refractivity contribution < 1.29 is 4.74 Å². The molecule has 2 aromatic carbocycles. The molecule has 0 amide bonds. The Morgan fingerprint density at radius 2 is 1.97 bits per heavy atom. The quantitative estimate of drug-likeness (QED) is 0.382. The van der Waals surface area contributed by atoms with Crippen LogP contribution in [-0.4, -0.2) is 41.1 Å². The van der Waals surface area contributed by atoms with Gasteiger partial charge in [-0.3, -0.25) is 4.90 Å². The molecule has 0 radical (unpaired) electrons. The Hall–Kier alpha value is -3.47. The van der Waals surface area contributed by atoms with E-state index in [4.69, 9.17) is 9.72 Å². The first-order valence-corrected chi connectivity index (χ1v) is 12.0. The Labute approximate surface area is 197 Å². The second-order valence-electron chi connectivity index (χ2n) is 8.21. The first-order valence-electron chi connectivity index (χ1n) is 11.2. The van der Waals surface area contributed by atoms with Crippen molar-refractivity contribution in [3.8, 4) is 22.4 Å². The van der Waals surface area contributed by atoms with Crippen LogP contribution in [0.15, 0.2) is 54.7 Å². The van der Waals surface area contributed by atoms with Gasteiger partial charge in [0.2, 0.25) is 5.95 Å². The van der Waals surface area contributed by atoms with E-state index in [2.05, 4.69) is 21.3 Å². The highest BCUT2D eigenvalue weighted by molar-refractivity contribution is 7.22. The highest BCUT2D eigenvalue weighted by atomic mass is 32.1. The highest BCUT2D eigenvalue weighted by Gasteiger charge is 2.13. The lowest BCUT2D eigenvalue weighted by Gasteiger charge is -2.15. The fourth-order valence-corrected chi connectivity index (χ4v) is 5.23. The summed E-state index contributed by atoms with van der Waals surface area (Å²) in [6.45, 7) is 6.06. The van der Waals surface area contributed by atoms with Crippen LogP contribution in [0.2, 0.25) is 0 Å². The lowest BCUT2D eigenvalue weighted by molar-refractivity contribution is 0.238. The Bertz CT molecular complexity index is 1300. The molecule has 0 bridgehead atoms. The molecule has 5 rings (SSSR count). The molecule has 1 saturated heterocycles. The van der Waals surface area contributed by atoms with Crippen molar-refractivity contribution in [1.82, 2.24) is 14.9 Å². The molecule has 1 fully saturated rings. The van der Waals surface area contributed by atoms with Gasteiger partial charge in [-0.25, -0.2) is 9.97 Å². The fourth-order valence-electron chi connectivity index (χ4n) is 4.09. The summed E-state index contributed by atoms with van der Waals surface area (Å²) in [6, 6.07) is 18.0. The van der Waals surface area contributed by atoms with E-state index in [0.717, 1.165) is 44.2 Å². The van der Waals surface area contributed by atoms with Gasteiger partial charge in [0.05, 0.1) is 22.2 Å². The maximum atomic E-state index is 9.40. The van der Waals surface area contributed by atoms with Crippen molar-refractivity contribution in [1.29, 1.82) is 5.26 Å². The minimum absolute atomic E-state index is 0.538. The minimum Gasteiger partial charge on any atom is -0.492 e. The van der Waals surface area contributed by atoms with E-state index in [9.17, 15) is 5.26 Å². The number of nitriles is 1. The molecule has 0 spiro atoms. The summed E-state index contributed by atoms with van der Waals surface area (Å²) in [6.07, 6.45) is 4.43. The van der Waals surface area contributed by atoms with Gasteiger partial charge in [-0.2, -0.15) is 5.26 Å². The van der Waals surface area contributed by atoms with E-state index in [-0.39, 0.29) is 0 Å². The molecular formula is C26H25N5OS. The van der Waals surface area contributed by atoms with Crippen LogP contribution in [0.3, 0.4) is 0 Å². The molecule has 4 aromatic rings. The summed E-state index contributed by atoms with van der Waals surface area (Å²) in [5.74, 6) is 1.40. The van der Waals surface area contributed by atoms with Gasteiger partial charge in [-0.1, -0.05) is 6.07 Å². The van der Waals surface area contributed by atoms with Crippen LogP contribution in [-0.2, 0) is 0 Å². The molecule has 0 unspecified atom stereocenters. The van der Waals surface area contributed by atoms with Gasteiger partial charge < -0.3 is 10.1 Å². The first-order chi connectivity index (χ1) is 16.2. The molecule has 0 aliphatic carbocycles. The number of hydrogen-bond acceptors (Lipinski definition) is 7. The van der Waals surface area contributed by atoms with Crippen LogP contribution in [0.1, 0.15) is 24.0 Å². The van der Waals surface area contributed by atoms with Gasteiger partial charge in [0.1, 0.15) is 12.4 Å². The van der Waals surface area contributed by atoms with E-state index >= 15 is 0 Å². The molecule has 1 aliphatic heterocycles. The smallest absolute Gasteiger partial charge is 0.227 e. The standard InChI is InChI=1S/C26H25N5OS/c1-18-17-28-26(30-25(18)24-15-22-19(16-27)5-4-6-23(22)33-24)29-20-7-9-21(10-8-20)32-14-13-31-11-2-3-12-31/h4-10,15,17H,2-3,11-14H2,1H3,(H,28,29,30).